The second-order valence-corrected chi connectivity index (χ2v) is 6.59. The van der Waals surface area contributed by atoms with Crippen molar-refractivity contribution in [2.75, 3.05) is 13.2 Å². The monoisotopic (exact) mass is 310 g/mol. The van der Waals surface area contributed by atoms with Crippen molar-refractivity contribution in [3.05, 3.63) is 41.6 Å². The molecule has 0 N–H and O–H groups in total. The number of benzene rings is 1. The molecule has 1 amide bonds. The van der Waals surface area contributed by atoms with Gasteiger partial charge < -0.3 is 9.64 Å². The fourth-order valence-electron chi connectivity index (χ4n) is 3.99. The van der Waals surface area contributed by atoms with Crippen molar-refractivity contribution < 1.29 is 9.53 Å². The summed E-state index contributed by atoms with van der Waals surface area (Å²) in [7, 11) is 0. The van der Waals surface area contributed by atoms with Gasteiger partial charge in [-0.2, -0.15) is 0 Å². The van der Waals surface area contributed by atoms with Crippen molar-refractivity contribution in [3.63, 3.8) is 0 Å². The summed E-state index contributed by atoms with van der Waals surface area (Å²) in [6.45, 7) is 3.29. The van der Waals surface area contributed by atoms with E-state index >= 15 is 0 Å². The quantitative estimate of drug-likeness (QED) is 0.811. The van der Waals surface area contributed by atoms with Crippen LogP contribution >= 0.6 is 0 Å². The van der Waals surface area contributed by atoms with Gasteiger partial charge in [-0.3, -0.25) is 9.78 Å². The largest absolute Gasteiger partial charge is 0.374 e. The molecule has 2 unspecified atom stereocenters. The van der Waals surface area contributed by atoms with Crippen LogP contribution in [0, 0.1) is 6.92 Å². The van der Waals surface area contributed by atoms with E-state index in [9.17, 15) is 4.79 Å². The van der Waals surface area contributed by atoms with Crippen molar-refractivity contribution in [2.45, 2.75) is 44.8 Å². The summed E-state index contributed by atoms with van der Waals surface area (Å²) in [4.78, 5) is 19.9. The number of rotatable bonds is 1. The van der Waals surface area contributed by atoms with E-state index < -0.39 is 0 Å². The van der Waals surface area contributed by atoms with Gasteiger partial charge in [-0.25, -0.2) is 0 Å². The summed E-state index contributed by atoms with van der Waals surface area (Å²) < 4.78 is 5.90. The molecule has 1 aliphatic heterocycles. The van der Waals surface area contributed by atoms with E-state index in [4.69, 9.17) is 4.74 Å². The van der Waals surface area contributed by atoms with E-state index in [1.54, 1.807) is 0 Å². The Morgan fingerprint density at radius 1 is 1.26 bits per heavy atom. The van der Waals surface area contributed by atoms with Crippen molar-refractivity contribution in [1.29, 1.82) is 0 Å². The lowest BCUT2D eigenvalue weighted by Crippen LogP contribution is -2.54. The van der Waals surface area contributed by atoms with Crippen LogP contribution in [0.2, 0.25) is 0 Å². The third-order valence-electron chi connectivity index (χ3n) is 5.07. The molecule has 1 aromatic heterocycles. The minimum atomic E-state index is 0.131. The Morgan fingerprint density at radius 3 is 3.00 bits per heavy atom. The Kier molecular flexibility index (Phi) is 3.77. The Balaban J connectivity index is 1.74. The number of aromatic nitrogens is 1. The lowest BCUT2D eigenvalue weighted by Gasteiger charge is -2.43. The van der Waals surface area contributed by atoms with Gasteiger partial charge in [0, 0.05) is 17.6 Å². The maximum absolute atomic E-state index is 13.3. The molecule has 2 aromatic rings. The number of aryl methyl sites for hydroxylation is 1. The van der Waals surface area contributed by atoms with E-state index in [-0.39, 0.29) is 18.1 Å². The molecule has 0 radical (unpaired) electrons. The average molecular weight is 310 g/mol. The first-order valence-electron chi connectivity index (χ1n) is 8.53. The predicted octanol–water partition coefficient (Wildman–Crippen LogP) is 3.33. The molecule has 2 heterocycles. The first-order valence-corrected chi connectivity index (χ1v) is 8.53. The predicted molar refractivity (Wildman–Crippen MR) is 89.5 cm³/mol. The second kappa shape index (κ2) is 5.93. The van der Waals surface area contributed by atoms with Crippen molar-refractivity contribution >= 4 is 16.8 Å². The van der Waals surface area contributed by atoms with Crippen LogP contribution in [0.3, 0.4) is 0 Å². The molecule has 1 saturated carbocycles. The number of carbonyl (C=O) groups is 1. The molecule has 0 spiro atoms. The van der Waals surface area contributed by atoms with E-state index in [2.05, 4.69) is 9.88 Å². The van der Waals surface area contributed by atoms with Crippen LogP contribution in [0.4, 0.5) is 0 Å². The maximum Gasteiger partial charge on any atom is 0.255 e. The third-order valence-corrected chi connectivity index (χ3v) is 5.07. The lowest BCUT2D eigenvalue weighted by atomic mass is 9.89. The molecule has 120 valence electrons. The zero-order valence-corrected chi connectivity index (χ0v) is 13.5. The van der Waals surface area contributed by atoms with Crippen LogP contribution in [0.5, 0.6) is 0 Å². The number of amides is 1. The molecular weight excluding hydrogens is 288 g/mol. The molecule has 2 atom stereocenters. The highest BCUT2D eigenvalue weighted by atomic mass is 16.5. The van der Waals surface area contributed by atoms with E-state index in [0.717, 1.165) is 35.0 Å². The molecule has 4 heteroatoms. The van der Waals surface area contributed by atoms with Gasteiger partial charge in [0.2, 0.25) is 0 Å². The van der Waals surface area contributed by atoms with Crippen LogP contribution in [-0.2, 0) is 4.74 Å². The van der Waals surface area contributed by atoms with Gasteiger partial charge in [-0.15, -0.1) is 0 Å². The van der Waals surface area contributed by atoms with Gasteiger partial charge in [0.15, 0.2) is 0 Å². The minimum absolute atomic E-state index is 0.131. The minimum Gasteiger partial charge on any atom is -0.374 e. The summed E-state index contributed by atoms with van der Waals surface area (Å²) in [6.07, 6.45) is 4.74. The highest BCUT2D eigenvalue weighted by molar-refractivity contribution is 6.06. The van der Waals surface area contributed by atoms with Gasteiger partial charge in [0.25, 0.3) is 5.91 Å². The van der Waals surface area contributed by atoms with Gasteiger partial charge in [0.1, 0.15) is 0 Å². The Bertz CT molecular complexity index is 741. The van der Waals surface area contributed by atoms with Crippen LogP contribution in [0.25, 0.3) is 10.9 Å². The number of carbonyl (C=O) groups excluding carboxylic acids is 1. The Labute approximate surface area is 136 Å². The van der Waals surface area contributed by atoms with Gasteiger partial charge in [-0.05, 0) is 31.9 Å². The first-order chi connectivity index (χ1) is 11.2. The molecule has 0 bridgehead atoms. The Hall–Kier alpha value is -1.94. The molecule has 23 heavy (non-hydrogen) atoms. The van der Waals surface area contributed by atoms with Crippen LogP contribution in [-0.4, -0.2) is 41.1 Å². The fraction of sp³-hybridized carbons (Fsp3) is 0.474. The topological polar surface area (TPSA) is 42.4 Å². The lowest BCUT2D eigenvalue weighted by molar-refractivity contribution is -0.0752. The number of ether oxygens (including phenoxy) is 1. The van der Waals surface area contributed by atoms with Crippen LogP contribution < -0.4 is 0 Å². The smallest absolute Gasteiger partial charge is 0.255 e. The fourth-order valence-corrected chi connectivity index (χ4v) is 3.99. The molecule has 4 nitrogen and oxygen atoms in total. The zero-order valence-electron chi connectivity index (χ0n) is 13.5. The average Bonchev–Trinajstić information content (AvgIpc) is 2.60. The maximum atomic E-state index is 13.3. The highest BCUT2D eigenvalue weighted by Crippen LogP contribution is 2.30. The number of para-hydroxylation sites is 1. The van der Waals surface area contributed by atoms with E-state index in [0.29, 0.717) is 13.2 Å². The normalized spacial score (nSPS) is 24.5. The Morgan fingerprint density at radius 2 is 2.09 bits per heavy atom. The van der Waals surface area contributed by atoms with Gasteiger partial charge in [0.05, 0.1) is 29.8 Å². The molecular formula is C19H22N2O2. The molecule has 1 saturated heterocycles. The standard InChI is InChI=1S/C19H22N2O2/c1-13-12-15(14-6-2-3-7-16(14)20-13)19(22)21-10-11-23-18-9-5-4-8-17(18)21/h2-3,6-7,12,17-18H,4-5,8-11H2,1H3. The van der Waals surface area contributed by atoms with E-state index in [1.165, 1.54) is 12.8 Å². The van der Waals surface area contributed by atoms with Crippen molar-refractivity contribution in [3.8, 4) is 0 Å². The summed E-state index contributed by atoms with van der Waals surface area (Å²) >= 11 is 0. The summed E-state index contributed by atoms with van der Waals surface area (Å²) in [5.41, 5.74) is 2.56. The second-order valence-electron chi connectivity index (χ2n) is 6.59. The van der Waals surface area contributed by atoms with Crippen LogP contribution in [0.15, 0.2) is 30.3 Å². The number of pyridine rings is 1. The number of nitrogens with zero attached hydrogens (tertiary/aromatic N) is 2. The number of morpholine rings is 1. The molecule has 2 fully saturated rings. The van der Waals surface area contributed by atoms with Crippen LogP contribution in [0.1, 0.15) is 41.7 Å². The molecule has 1 aromatic carbocycles. The highest BCUT2D eigenvalue weighted by Gasteiger charge is 2.37. The van der Waals surface area contributed by atoms with Crippen molar-refractivity contribution in [2.24, 2.45) is 0 Å². The van der Waals surface area contributed by atoms with Gasteiger partial charge >= 0.3 is 0 Å². The van der Waals surface area contributed by atoms with Crippen molar-refractivity contribution in [1.82, 2.24) is 9.88 Å². The number of hydrogen-bond donors (Lipinski definition) is 0. The SMILES string of the molecule is Cc1cc(C(=O)N2CCOC3CCCCC32)c2ccccc2n1. The summed E-state index contributed by atoms with van der Waals surface area (Å²) in [6, 6.07) is 10.1. The van der Waals surface area contributed by atoms with E-state index in [1.807, 2.05) is 37.3 Å². The summed E-state index contributed by atoms with van der Waals surface area (Å²) in [5.74, 6) is 0.131. The zero-order chi connectivity index (χ0) is 15.8. The summed E-state index contributed by atoms with van der Waals surface area (Å²) in [5, 5.41) is 0.946. The molecule has 1 aliphatic carbocycles. The third kappa shape index (κ3) is 2.61. The number of hydrogen-bond acceptors (Lipinski definition) is 3. The molecule has 4 rings (SSSR count). The van der Waals surface area contributed by atoms with Gasteiger partial charge in [-0.1, -0.05) is 31.0 Å². The number of fused-ring (bicyclic) bond motifs is 2. The molecule has 2 aliphatic rings. The first kappa shape index (κ1) is 14.6.